The summed E-state index contributed by atoms with van der Waals surface area (Å²) in [5.41, 5.74) is 7.04. The molecule has 1 spiro atoms. The minimum Gasteiger partial charge on any atom is -0.374 e. The van der Waals surface area contributed by atoms with Gasteiger partial charge in [-0.1, -0.05) is 20.8 Å². The topological polar surface area (TPSA) is 35.2 Å². The average Bonchev–Trinajstić information content (AvgIpc) is 2.73. The first-order chi connectivity index (χ1) is 8.40. The molecule has 2 fully saturated rings. The molecule has 0 bridgehead atoms. The zero-order chi connectivity index (χ0) is 13.2. The molecule has 3 heteroatoms. The van der Waals surface area contributed by atoms with Crippen LogP contribution in [0.1, 0.15) is 52.9 Å². The van der Waals surface area contributed by atoms with E-state index in [2.05, 4.69) is 20.8 Å². The van der Waals surface area contributed by atoms with Gasteiger partial charge in [0, 0.05) is 18.4 Å². The van der Waals surface area contributed by atoms with Crippen LogP contribution in [0.5, 0.6) is 0 Å². The molecule has 2 rings (SSSR count). The Balaban J connectivity index is 1.84. The lowest BCUT2D eigenvalue weighted by Gasteiger charge is -2.40. The van der Waals surface area contributed by atoms with Crippen molar-refractivity contribution >= 4 is 11.8 Å². The predicted octanol–water partition coefficient (Wildman–Crippen LogP) is 3.44. The molecule has 18 heavy (non-hydrogen) atoms. The van der Waals surface area contributed by atoms with Gasteiger partial charge in [0.15, 0.2) is 0 Å². The average molecular weight is 271 g/mol. The Morgan fingerprint density at radius 3 is 2.83 bits per heavy atom. The Bertz CT molecular complexity index is 268. The zero-order valence-corrected chi connectivity index (χ0v) is 13.0. The fourth-order valence-corrected chi connectivity index (χ4v) is 4.51. The number of nitrogens with two attached hydrogens (primary N) is 1. The molecule has 0 saturated carbocycles. The Morgan fingerprint density at radius 1 is 1.44 bits per heavy atom. The van der Waals surface area contributed by atoms with Crippen molar-refractivity contribution in [2.45, 2.75) is 64.5 Å². The van der Waals surface area contributed by atoms with E-state index >= 15 is 0 Å². The van der Waals surface area contributed by atoms with Gasteiger partial charge in [0.25, 0.3) is 0 Å². The fourth-order valence-electron chi connectivity index (χ4n) is 3.13. The second kappa shape index (κ2) is 5.72. The zero-order valence-electron chi connectivity index (χ0n) is 12.2. The minimum absolute atomic E-state index is 0.187. The first kappa shape index (κ1) is 14.7. The summed E-state index contributed by atoms with van der Waals surface area (Å²) >= 11 is 2.04. The van der Waals surface area contributed by atoms with Gasteiger partial charge in [0.05, 0.1) is 5.60 Å². The molecule has 106 valence electrons. The number of rotatable bonds is 3. The van der Waals surface area contributed by atoms with Crippen LogP contribution in [0.2, 0.25) is 0 Å². The Kier molecular flexibility index (Phi) is 4.66. The van der Waals surface area contributed by atoms with E-state index < -0.39 is 0 Å². The summed E-state index contributed by atoms with van der Waals surface area (Å²) in [6.07, 6.45) is 5.99. The standard InChI is InChI=1S/C15H29NOS/c1-14(2,3)6-4-13(16)12-5-8-17-15(10-12)7-9-18-11-15/h12-13H,4-11,16H2,1-3H3. The summed E-state index contributed by atoms with van der Waals surface area (Å²) in [6.45, 7) is 7.84. The van der Waals surface area contributed by atoms with Crippen LogP contribution in [0.4, 0.5) is 0 Å². The SMILES string of the molecule is CC(C)(C)CCC(N)C1CCOC2(CCSC2)C1. The van der Waals surface area contributed by atoms with Crippen molar-refractivity contribution in [2.24, 2.45) is 17.1 Å². The lowest BCUT2D eigenvalue weighted by Crippen LogP contribution is -2.45. The van der Waals surface area contributed by atoms with E-state index in [0.29, 0.717) is 17.4 Å². The van der Waals surface area contributed by atoms with Crippen molar-refractivity contribution in [1.82, 2.24) is 0 Å². The van der Waals surface area contributed by atoms with Crippen LogP contribution in [0.3, 0.4) is 0 Å². The quantitative estimate of drug-likeness (QED) is 0.854. The third-order valence-electron chi connectivity index (χ3n) is 4.43. The lowest BCUT2D eigenvalue weighted by molar-refractivity contribution is -0.0838. The molecule has 2 nitrogen and oxygen atoms in total. The molecule has 0 aliphatic carbocycles. The van der Waals surface area contributed by atoms with Crippen molar-refractivity contribution in [1.29, 1.82) is 0 Å². The highest BCUT2D eigenvalue weighted by Crippen LogP contribution is 2.41. The highest BCUT2D eigenvalue weighted by atomic mass is 32.2. The molecule has 0 radical (unpaired) electrons. The van der Waals surface area contributed by atoms with Crippen molar-refractivity contribution in [3.8, 4) is 0 Å². The maximum Gasteiger partial charge on any atom is 0.0783 e. The van der Waals surface area contributed by atoms with E-state index in [-0.39, 0.29) is 5.60 Å². The van der Waals surface area contributed by atoms with E-state index in [4.69, 9.17) is 10.5 Å². The van der Waals surface area contributed by atoms with Crippen LogP contribution >= 0.6 is 11.8 Å². The van der Waals surface area contributed by atoms with Crippen molar-refractivity contribution < 1.29 is 4.74 Å². The second-order valence-corrected chi connectivity index (χ2v) is 8.46. The summed E-state index contributed by atoms with van der Waals surface area (Å²) in [6, 6.07) is 0.371. The molecular formula is C15H29NOS. The third kappa shape index (κ3) is 3.88. The van der Waals surface area contributed by atoms with Gasteiger partial charge in [-0.25, -0.2) is 0 Å². The molecule has 0 aromatic rings. The Labute approximate surface area is 116 Å². The van der Waals surface area contributed by atoms with E-state index in [1.807, 2.05) is 11.8 Å². The highest BCUT2D eigenvalue weighted by Gasteiger charge is 2.41. The van der Waals surface area contributed by atoms with Gasteiger partial charge in [0.1, 0.15) is 0 Å². The number of hydrogen-bond acceptors (Lipinski definition) is 3. The second-order valence-electron chi connectivity index (χ2n) is 7.35. The predicted molar refractivity (Wildman–Crippen MR) is 80.0 cm³/mol. The van der Waals surface area contributed by atoms with Crippen LogP contribution in [-0.2, 0) is 4.74 Å². The molecule has 2 aliphatic heterocycles. The smallest absolute Gasteiger partial charge is 0.0783 e. The van der Waals surface area contributed by atoms with Crippen LogP contribution < -0.4 is 5.73 Å². The molecule has 2 saturated heterocycles. The molecule has 2 heterocycles. The highest BCUT2D eigenvalue weighted by molar-refractivity contribution is 7.99. The van der Waals surface area contributed by atoms with E-state index in [0.717, 1.165) is 19.4 Å². The first-order valence-corrected chi connectivity index (χ1v) is 8.53. The number of thioether (sulfide) groups is 1. The molecule has 2 aliphatic rings. The maximum absolute atomic E-state index is 6.44. The largest absolute Gasteiger partial charge is 0.374 e. The summed E-state index contributed by atoms with van der Waals surface area (Å²) in [4.78, 5) is 0. The molecular weight excluding hydrogens is 242 g/mol. The van der Waals surface area contributed by atoms with Gasteiger partial charge in [-0.2, -0.15) is 11.8 Å². The monoisotopic (exact) mass is 271 g/mol. The van der Waals surface area contributed by atoms with Gasteiger partial charge >= 0.3 is 0 Å². The summed E-state index contributed by atoms with van der Waals surface area (Å²) in [7, 11) is 0. The van der Waals surface area contributed by atoms with Gasteiger partial charge in [-0.05, 0) is 49.2 Å². The number of ether oxygens (including phenoxy) is 1. The van der Waals surface area contributed by atoms with E-state index in [1.54, 1.807) is 0 Å². The minimum atomic E-state index is 0.187. The Morgan fingerprint density at radius 2 is 2.22 bits per heavy atom. The number of hydrogen-bond donors (Lipinski definition) is 1. The molecule has 3 unspecified atom stereocenters. The summed E-state index contributed by atoms with van der Waals surface area (Å²) in [5, 5.41) is 0. The third-order valence-corrected chi connectivity index (χ3v) is 5.65. The normalized spacial score (nSPS) is 35.0. The molecule has 0 aromatic heterocycles. The van der Waals surface area contributed by atoms with Gasteiger partial charge in [-0.15, -0.1) is 0 Å². The van der Waals surface area contributed by atoms with E-state index in [1.165, 1.54) is 30.8 Å². The summed E-state index contributed by atoms with van der Waals surface area (Å²) < 4.78 is 6.08. The first-order valence-electron chi connectivity index (χ1n) is 7.38. The van der Waals surface area contributed by atoms with Crippen LogP contribution in [0, 0.1) is 11.3 Å². The van der Waals surface area contributed by atoms with Crippen LogP contribution in [0.15, 0.2) is 0 Å². The van der Waals surface area contributed by atoms with Gasteiger partial charge in [0.2, 0.25) is 0 Å². The molecule has 2 N–H and O–H groups in total. The van der Waals surface area contributed by atoms with Crippen molar-refractivity contribution in [2.75, 3.05) is 18.1 Å². The van der Waals surface area contributed by atoms with Crippen molar-refractivity contribution in [3.63, 3.8) is 0 Å². The lowest BCUT2D eigenvalue weighted by atomic mass is 9.78. The van der Waals surface area contributed by atoms with E-state index in [9.17, 15) is 0 Å². The molecule has 0 aromatic carbocycles. The van der Waals surface area contributed by atoms with Gasteiger partial charge in [-0.3, -0.25) is 0 Å². The maximum atomic E-state index is 6.44. The Hall–Kier alpha value is 0.270. The van der Waals surface area contributed by atoms with Crippen LogP contribution in [-0.4, -0.2) is 29.8 Å². The molecule has 0 amide bonds. The van der Waals surface area contributed by atoms with Crippen molar-refractivity contribution in [3.05, 3.63) is 0 Å². The fraction of sp³-hybridized carbons (Fsp3) is 1.00. The van der Waals surface area contributed by atoms with Crippen LogP contribution in [0.25, 0.3) is 0 Å². The summed E-state index contributed by atoms with van der Waals surface area (Å²) in [5.74, 6) is 3.14. The van der Waals surface area contributed by atoms with Gasteiger partial charge < -0.3 is 10.5 Å². The molecule has 3 atom stereocenters.